The van der Waals surface area contributed by atoms with Crippen molar-refractivity contribution in [2.24, 2.45) is 5.92 Å². The van der Waals surface area contributed by atoms with E-state index in [1.165, 1.54) is 56.9 Å². The molecule has 3 aliphatic carbocycles. The maximum Gasteiger partial charge on any atom is 0.270 e. The molecule has 3 aromatic rings. The van der Waals surface area contributed by atoms with E-state index in [0.717, 1.165) is 68.6 Å². The highest BCUT2D eigenvalue weighted by Crippen LogP contribution is 2.43. The van der Waals surface area contributed by atoms with Crippen LogP contribution in [0.3, 0.4) is 0 Å². The number of benzene rings is 3. The van der Waals surface area contributed by atoms with E-state index in [1.54, 1.807) is 0 Å². The van der Waals surface area contributed by atoms with Gasteiger partial charge < -0.3 is 20.1 Å². The minimum absolute atomic E-state index is 0.0728. The third-order valence-corrected chi connectivity index (χ3v) is 17.2. The van der Waals surface area contributed by atoms with E-state index >= 15 is 4.39 Å². The Labute approximate surface area is 408 Å². The van der Waals surface area contributed by atoms with Crippen molar-refractivity contribution in [2.45, 2.75) is 146 Å². The Bertz CT molecular complexity index is 2830. The molecule has 0 saturated heterocycles. The van der Waals surface area contributed by atoms with Crippen molar-refractivity contribution in [3.63, 3.8) is 0 Å². The Kier molecular flexibility index (Phi) is 14.9. The molecular formula is C52H65FN4O10S2. The molecule has 3 fully saturated rings. The summed E-state index contributed by atoms with van der Waals surface area (Å²) in [6, 6.07) is 17.7. The van der Waals surface area contributed by atoms with Crippen molar-refractivity contribution in [3.05, 3.63) is 106 Å². The topological polar surface area (TPSA) is 203 Å². The maximum absolute atomic E-state index is 15.6. The normalized spacial score (nSPS) is 23.3. The van der Waals surface area contributed by atoms with Crippen LogP contribution in [0, 0.1) is 18.7 Å². The summed E-state index contributed by atoms with van der Waals surface area (Å²) in [5.41, 5.74) is -1.09. The number of hydrogen-bond acceptors (Lipinski definition) is 10. The van der Waals surface area contributed by atoms with Gasteiger partial charge in [0.1, 0.15) is 28.5 Å². The summed E-state index contributed by atoms with van der Waals surface area (Å²) in [4.78, 5) is 53.0. The smallest absolute Gasteiger partial charge is 0.270 e. The Morgan fingerprint density at radius 3 is 1.83 bits per heavy atom. The zero-order valence-electron chi connectivity index (χ0n) is 42.0. The van der Waals surface area contributed by atoms with Crippen molar-refractivity contribution < 1.29 is 52.6 Å². The molecule has 17 heteroatoms. The molecule has 0 spiro atoms. The van der Waals surface area contributed by atoms with Gasteiger partial charge in [-0.1, -0.05) is 93.5 Å². The SMILES string of the molecule is Cc1ccc(C2=C(C(=O)NS(=O)(=O)C3CC3)C(=O)N[C@](C)(C3CCCCC3)C2)cc1.[2H]C1([2H])C(c2ccc(OC)cc2)=C(C(=O)NS(=O)(=O)C2CC2)C(=O)N[C@]1(C)c1ccc(OCCCCCC)cc1F. The molecule has 3 saturated carbocycles. The van der Waals surface area contributed by atoms with Gasteiger partial charge in [0, 0.05) is 26.3 Å². The highest BCUT2D eigenvalue weighted by molar-refractivity contribution is 7.91. The zero-order chi connectivity index (χ0) is 51.5. The van der Waals surface area contributed by atoms with Crippen LogP contribution in [0.15, 0.2) is 77.9 Å². The van der Waals surface area contributed by atoms with Crippen LogP contribution >= 0.6 is 0 Å². The number of aryl methyl sites for hydroxylation is 1. The molecule has 0 radical (unpaired) electrons. The van der Waals surface area contributed by atoms with Crippen LogP contribution in [0.4, 0.5) is 4.39 Å². The monoisotopic (exact) mass is 990 g/mol. The number of rotatable bonds is 17. The van der Waals surface area contributed by atoms with Gasteiger partial charge in [-0.25, -0.2) is 30.7 Å². The molecule has 2 heterocycles. The van der Waals surface area contributed by atoms with Crippen LogP contribution in [0.1, 0.15) is 142 Å². The summed E-state index contributed by atoms with van der Waals surface area (Å²) < 4.78 is 98.7. The van der Waals surface area contributed by atoms with E-state index in [0.29, 0.717) is 56.0 Å². The van der Waals surface area contributed by atoms with Gasteiger partial charge in [-0.2, -0.15) is 0 Å². The number of carbonyl (C=O) groups is 4. The third-order valence-electron chi connectivity index (χ3n) is 13.6. The first-order valence-electron chi connectivity index (χ1n) is 24.9. The molecule has 0 bridgehead atoms. The second-order valence-electron chi connectivity index (χ2n) is 19.2. The highest BCUT2D eigenvalue weighted by atomic mass is 32.2. The van der Waals surface area contributed by atoms with Crippen LogP contribution < -0.4 is 29.6 Å². The average Bonchev–Trinajstić information content (AvgIpc) is 4.24. The van der Waals surface area contributed by atoms with Crippen LogP contribution in [-0.4, -0.2) is 70.2 Å². The molecule has 69 heavy (non-hydrogen) atoms. The number of amides is 4. The van der Waals surface area contributed by atoms with Crippen LogP contribution in [0.2, 0.25) is 0 Å². The third kappa shape index (κ3) is 12.3. The molecule has 14 nitrogen and oxygen atoms in total. The summed E-state index contributed by atoms with van der Waals surface area (Å²) in [5.74, 6) is -3.33. The number of carbonyl (C=O) groups excluding carboxylic acids is 4. The molecule has 4 amide bonds. The molecule has 3 aromatic carbocycles. The average molecular weight is 991 g/mol. The first kappa shape index (κ1) is 48.5. The van der Waals surface area contributed by atoms with E-state index in [9.17, 15) is 38.8 Å². The summed E-state index contributed by atoms with van der Waals surface area (Å²) in [5, 5.41) is 4.29. The van der Waals surface area contributed by atoms with Crippen LogP contribution in [-0.2, 0) is 44.8 Å². The lowest BCUT2D eigenvalue weighted by Gasteiger charge is -2.44. The molecule has 0 aromatic heterocycles. The zero-order valence-corrected chi connectivity index (χ0v) is 41.6. The Morgan fingerprint density at radius 2 is 1.28 bits per heavy atom. The summed E-state index contributed by atoms with van der Waals surface area (Å²) in [6.07, 6.45) is 9.35. The Morgan fingerprint density at radius 1 is 0.739 bits per heavy atom. The number of sulfonamides is 2. The van der Waals surface area contributed by atoms with Crippen molar-refractivity contribution in [3.8, 4) is 11.5 Å². The highest BCUT2D eigenvalue weighted by Gasteiger charge is 2.46. The van der Waals surface area contributed by atoms with Gasteiger partial charge in [-0.05, 0) is 119 Å². The standard InChI is InChI=1S/C29H35FN2O6S.C23H30N2O4S/c1-4-5-6-7-16-38-21-12-15-24(25(30)17-21)29(2)18-23(19-8-10-20(37-3)11-9-19)26(27(33)31-29)28(34)32-39(35,36)22-13-14-22;1-15-8-10-16(11-9-15)19-14-23(2,17-6-4-3-5-7-17)24-21(26)20(19)22(27)25-30(28,29)18-12-13-18/h8-12,15,17,22H,4-7,13-14,16,18H2,1-3H3,(H,31,33)(H,32,34);8-11,17-18H,3-7,12-14H2,1-2H3,(H,24,26)(H,25,27)/t29-;23-/m00/s1/i18D2;. The number of ether oxygens (including phenoxy) is 2. The quantitative estimate of drug-likeness (QED) is 0.0763. The predicted octanol–water partition coefficient (Wildman–Crippen LogP) is 7.81. The van der Waals surface area contributed by atoms with E-state index in [1.807, 2.05) is 35.9 Å². The molecule has 2 atom stereocenters. The van der Waals surface area contributed by atoms with E-state index in [4.69, 9.17) is 9.47 Å². The van der Waals surface area contributed by atoms with Gasteiger partial charge in [-0.15, -0.1) is 0 Å². The van der Waals surface area contributed by atoms with Gasteiger partial charge in [-0.3, -0.25) is 19.2 Å². The van der Waals surface area contributed by atoms with Gasteiger partial charge in [0.25, 0.3) is 23.6 Å². The summed E-state index contributed by atoms with van der Waals surface area (Å²) in [7, 11) is -6.34. The molecular weight excluding hydrogens is 924 g/mol. The van der Waals surface area contributed by atoms with E-state index in [-0.39, 0.29) is 28.0 Å². The van der Waals surface area contributed by atoms with Crippen LogP contribution in [0.25, 0.3) is 11.1 Å². The number of unbranched alkanes of at least 4 members (excludes halogenated alkanes) is 3. The Balaban J connectivity index is 0.000000219. The lowest BCUT2D eigenvalue weighted by Crippen LogP contribution is -2.56. The molecule has 0 unspecified atom stereocenters. The molecule has 4 N–H and O–H groups in total. The number of halogens is 1. The van der Waals surface area contributed by atoms with Crippen molar-refractivity contribution in [1.29, 1.82) is 0 Å². The fourth-order valence-electron chi connectivity index (χ4n) is 9.25. The molecule has 5 aliphatic rings. The van der Waals surface area contributed by atoms with Crippen molar-refractivity contribution in [2.75, 3.05) is 13.7 Å². The summed E-state index contributed by atoms with van der Waals surface area (Å²) >= 11 is 0. The number of nitrogens with one attached hydrogen (secondary N) is 4. The molecule has 372 valence electrons. The number of hydrogen-bond donors (Lipinski definition) is 4. The van der Waals surface area contributed by atoms with Gasteiger partial charge in [0.15, 0.2) is 0 Å². The lowest BCUT2D eigenvalue weighted by atomic mass is 9.69. The fourth-order valence-corrected chi connectivity index (χ4v) is 11.8. The Hall–Kier alpha value is -5.55. The van der Waals surface area contributed by atoms with Gasteiger partial charge in [0.2, 0.25) is 20.0 Å². The van der Waals surface area contributed by atoms with E-state index in [2.05, 4.69) is 29.2 Å². The summed E-state index contributed by atoms with van der Waals surface area (Å²) in [6.45, 7) is 7.87. The predicted molar refractivity (Wildman–Crippen MR) is 262 cm³/mol. The number of methoxy groups -OCH3 is 1. The minimum Gasteiger partial charge on any atom is -0.497 e. The largest absolute Gasteiger partial charge is 0.497 e. The van der Waals surface area contributed by atoms with Crippen LogP contribution in [0.5, 0.6) is 11.5 Å². The maximum atomic E-state index is 15.6. The van der Waals surface area contributed by atoms with Gasteiger partial charge >= 0.3 is 0 Å². The van der Waals surface area contributed by atoms with Crippen molar-refractivity contribution in [1.82, 2.24) is 20.1 Å². The second-order valence-corrected chi connectivity index (χ2v) is 23.1. The second kappa shape index (κ2) is 21.2. The first-order chi connectivity index (χ1) is 33.5. The lowest BCUT2D eigenvalue weighted by molar-refractivity contribution is -0.126. The first-order valence-corrected chi connectivity index (χ1v) is 27.0. The minimum atomic E-state index is -4.05. The van der Waals surface area contributed by atoms with Crippen molar-refractivity contribution >= 4 is 54.8 Å². The fraction of sp³-hybridized carbons (Fsp3) is 0.500. The molecule has 8 rings (SSSR count). The van der Waals surface area contributed by atoms with E-state index < -0.39 is 83.0 Å². The molecule has 2 aliphatic heterocycles. The van der Waals surface area contributed by atoms with Gasteiger partial charge in [0.05, 0.1) is 29.8 Å².